The van der Waals surface area contributed by atoms with E-state index in [1.165, 1.54) is 12.3 Å². The Balaban J connectivity index is 0.00000105. The molecule has 5 aromatic rings. The standard InChI is InChI=1S/C26H17FN2O.C2H6/c27-17-10-12-23(28-15-17)25-14-26(30)29(25)24-13-22-18-6-2-1-5-16(18)9-11-20(22)19-7-3-4-8-21(19)24;1-2/h1-13,15,25H,14H2;1-2H3. The maximum Gasteiger partial charge on any atom is 0.230 e. The predicted octanol–water partition coefficient (Wildman–Crippen LogP) is 7.18. The number of carbonyl (C=O) groups excluding carboxylic acids is 1. The van der Waals surface area contributed by atoms with Gasteiger partial charge in [0.25, 0.3) is 0 Å². The molecule has 1 fully saturated rings. The monoisotopic (exact) mass is 422 g/mol. The summed E-state index contributed by atoms with van der Waals surface area (Å²) in [7, 11) is 0. The third kappa shape index (κ3) is 3.11. The molecule has 3 nitrogen and oxygen atoms in total. The van der Waals surface area contributed by atoms with Gasteiger partial charge in [0.15, 0.2) is 0 Å². The molecule has 0 spiro atoms. The molecule has 1 unspecified atom stereocenters. The van der Waals surface area contributed by atoms with Crippen LogP contribution in [0.5, 0.6) is 0 Å². The minimum absolute atomic E-state index is 0.0517. The molecule has 4 heteroatoms. The maximum atomic E-state index is 13.4. The second kappa shape index (κ2) is 8.04. The Bertz CT molecular complexity index is 1460. The van der Waals surface area contributed by atoms with E-state index < -0.39 is 0 Å². The zero-order valence-electron chi connectivity index (χ0n) is 18.0. The van der Waals surface area contributed by atoms with E-state index in [2.05, 4.69) is 47.4 Å². The lowest BCUT2D eigenvalue weighted by molar-refractivity contribution is -0.124. The minimum atomic E-state index is -0.376. The number of hydrogen-bond acceptors (Lipinski definition) is 2. The van der Waals surface area contributed by atoms with Gasteiger partial charge in [-0.3, -0.25) is 9.78 Å². The number of nitrogens with zero attached hydrogens (tertiary/aromatic N) is 2. The van der Waals surface area contributed by atoms with Crippen LogP contribution in [0.3, 0.4) is 0 Å². The molecule has 2 heterocycles. The zero-order valence-corrected chi connectivity index (χ0v) is 18.0. The van der Waals surface area contributed by atoms with Crippen molar-refractivity contribution in [2.75, 3.05) is 4.90 Å². The lowest BCUT2D eigenvalue weighted by Crippen LogP contribution is -2.47. The van der Waals surface area contributed by atoms with Crippen LogP contribution in [0, 0.1) is 5.82 Å². The Morgan fingerprint density at radius 2 is 1.50 bits per heavy atom. The smallest absolute Gasteiger partial charge is 0.230 e. The Hall–Kier alpha value is -3.79. The average molecular weight is 423 g/mol. The largest absolute Gasteiger partial charge is 0.302 e. The topological polar surface area (TPSA) is 33.2 Å². The highest BCUT2D eigenvalue weighted by Gasteiger charge is 2.40. The third-order valence-electron chi connectivity index (χ3n) is 6.04. The van der Waals surface area contributed by atoms with Crippen molar-refractivity contribution in [1.82, 2.24) is 4.98 Å². The van der Waals surface area contributed by atoms with E-state index in [0.717, 1.165) is 38.0 Å². The van der Waals surface area contributed by atoms with Crippen molar-refractivity contribution in [2.45, 2.75) is 26.3 Å². The predicted molar refractivity (Wildman–Crippen MR) is 129 cm³/mol. The summed E-state index contributed by atoms with van der Waals surface area (Å²) in [6.07, 6.45) is 1.59. The molecule has 158 valence electrons. The Morgan fingerprint density at radius 3 is 2.22 bits per heavy atom. The number of carbonyl (C=O) groups is 1. The van der Waals surface area contributed by atoms with E-state index in [4.69, 9.17) is 0 Å². The van der Waals surface area contributed by atoms with Crippen LogP contribution in [-0.4, -0.2) is 10.9 Å². The summed E-state index contributed by atoms with van der Waals surface area (Å²) >= 11 is 0. The normalized spacial score (nSPS) is 15.5. The number of anilines is 1. The number of aromatic nitrogens is 1. The van der Waals surface area contributed by atoms with E-state index in [1.54, 1.807) is 6.07 Å². The van der Waals surface area contributed by atoms with E-state index in [0.29, 0.717) is 12.1 Å². The number of fused-ring (bicyclic) bond motifs is 5. The lowest BCUT2D eigenvalue weighted by atomic mass is 9.91. The van der Waals surface area contributed by atoms with Crippen LogP contribution in [0.25, 0.3) is 32.3 Å². The van der Waals surface area contributed by atoms with Gasteiger partial charge in [-0.15, -0.1) is 0 Å². The van der Waals surface area contributed by atoms with Crippen LogP contribution in [0.2, 0.25) is 0 Å². The van der Waals surface area contributed by atoms with Gasteiger partial charge in [0.05, 0.1) is 30.0 Å². The number of rotatable bonds is 2. The van der Waals surface area contributed by atoms with Gasteiger partial charge in [0.2, 0.25) is 5.91 Å². The molecule has 0 radical (unpaired) electrons. The van der Waals surface area contributed by atoms with E-state index in [-0.39, 0.29) is 17.8 Å². The maximum absolute atomic E-state index is 13.4. The minimum Gasteiger partial charge on any atom is -0.302 e. The fraction of sp³-hybridized carbons (Fsp3) is 0.143. The summed E-state index contributed by atoms with van der Waals surface area (Å²) in [6, 6.07) is 25.8. The highest BCUT2D eigenvalue weighted by Crippen LogP contribution is 2.44. The van der Waals surface area contributed by atoms with Crippen LogP contribution in [0.1, 0.15) is 32.0 Å². The van der Waals surface area contributed by atoms with Crippen molar-refractivity contribution in [3.8, 4) is 0 Å². The first-order valence-electron chi connectivity index (χ1n) is 11.0. The SMILES string of the molecule is CC.O=C1CC(c2ccc(F)cn2)N1c1cc2c3ccccc3ccc2c2ccccc12. The summed E-state index contributed by atoms with van der Waals surface area (Å²) in [5, 5.41) is 6.75. The van der Waals surface area contributed by atoms with Gasteiger partial charge in [-0.2, -0.15) is 0 Å². The molecule has 1 aliphatic rings. The van der Waals surface area contributed by atoms with E-state index in [9.17, 15) is 9.18 Å². The molecule has 0 bridgehead atoms. The first-order valence-corrected chi connectivity index (χ1v) is 11.0. The fourth-order valence-electron chi connectivity index (χ4n) is 4.58. The number of β-lactam (4-membered cyclic amide) rings is 1. The van der Waals surface area contributed by atoms with E-state index >= 15 is 0 Å². The molecule has 1 aliphatic heterocycles. The van der Waals surface area contributed by atoms with Crippen molar-refractivity contribution in [3.63, 3.8) is 0 Å². The quantitative estimate of drug-likeness (QED) is 0.223. The molecular formula is C28H23FN2O. The molecule has 0 aliphatic carbocycles. The second-order valence-electron chi connectivity index (χ2n) is 7.71. The molecule has 1 atom stereocenters. The van der Waals surface area contributed by atoms with Gasteiger partial charge >= 0.3 is 0 Å². The molecule has 1 aromatic heterocycles. The van der Waals surface area contributed by atoms with Gasteiger partial charge in [-0.25, -0.2) is 4.39 Å². The molecule has 1 amide bonds. The van der Waals surface area contributed by atoms with Gasteiger partial charge in [0, 0.05) is 5.39 Å². The molecule has 1 saturated heterocycles. The Labute approximate surface area is 186 Å². The first kappa shape index (κ1) is 20.1. The number of halogens is 1. The van der Waals surface area contributed by atoms with Crippen molar-refractivity contribution in [2.24, 2.45) is 0 Å². The Morgan fingerprint density at radius 1 is 0.812 bits per heavy atom. The van der Waals surface area contributed by atoms with Gasteiger partial charge in [-0.1, -0.05) is 74.5 Å². The molecule has 4 aromatic carbocycles. The van der Waals surface area contributed by atoms with Crippen LogP contribution in [0.15, 0.2) is 85.1 Å². The summed E-state index contributed by atoms with van der Waals surface area (Å²) < 4.78 is 13.4. The van der Waals surface area contributed by atoms with Crippen molar-refractivity contribution < 1.29 is 9.18 Å². The summed E-state index contributed by atoms with van der Waals surface area (Å²) in [5.74, 6) is -0.325. The fourth-order valence-corrected chi connectivity index (χ4v) is 4.58. The molecule has 0 N–H and O–H groups in total. The summed E-state index contributed by atoms with van der Waals surface area (Å²) in [4.78, 5) is 18.8. The number of benzene rings is 4. The van der Waals surface area contributed by atoms with Crippen LogP contribution in [-0.2, 0) is 4.79 Å². The van der Waals surface area contributed by atoms with Gasteiger partial charge in [0.1, 0.15) is 5.82 Å². The first-order chi connectivity index (χ1) is 15.7. The number of hydrogen-bond donors (Lipinski definition) is 0. The van der Waals surface area contributed by atoms with E-state index in [1.807, 2.05) is 43.0 Å². The Kier molecular flexibility index (Phi) is 5.06. The highest BCUT2D eigenvalue weighted by atomic mass is 19.1. The second-order valence-corrected chi connectivity index (χ2v) is 7.71. The van der Waals surface area contributed by atoms with Crippen LogP contribution >= 0.6 is 0 Å². The third-order valence-corrected chi connectivity index (χ3v) is 6.04. The zero-order chi connectivity index (χ0) is 22.2. The molecule has 6 rings (SSSR count). The van der Waals surface area contributed by atoms with Crippen LogP contribution in [0.4, 0.5) is 10.1 Å². The lowest BCUT2D eigenvalue weighted by Gasteiger charge is -2.40. The van der Waals surface area contributed by atoms with Crippen molar-refractivity contribution in [3.05, 3.63) is 96.6 Å². The van der Waals surface area contributed by atoms with Gasteiger partial charge in [-0.05, 0) is 45.1 Å². The molecule has 0 saturated carbocycles. The molecular weight excluding hydrogens is 399 g/mol. The number of amides is 1. The summed E-state index contributed by atoms with van der Waals surface area (Å²) in [5.41, 5.74) is 1.58. The van der Waals surface area contributed by atoms with Crippen LogP contribution < -0.4 is 4.90 Å². The van der Waals surface area contributed by atoms with Crippen molar-refractivity contribution in [1.29, 1.82) is 0 Å². The van der Waals surface area contributed by atoms with Crippen molar-refractivity contribution >= 4 is 43.9 Å². The number of pyridine rings is 1. The average Bonchev–Trinajstić information content (AvgIpc) is 2.84. The summed E-state index contributed by atoms with van der Waals surface area (Å²) in [6.45, 7) is 4.00. The molecule has 32 heavy (non-hydrogen) atoms. The highest BCUT2D eigenvalue weighted by molar-refractivity contribution is 6.22. The van der Waals surface area contributed by atoms with Gasteiger partial charge < -0.3 is 4.90 Å².